The summed E-state index contributed by atoms with van der Waals surface area (Å²) in [6.07, 6.45) is 1.84. The molecular weight excluding hydrogens is 890 g/mol. The summed E-state index contributed by atoms with van der Waals surface area (Å²) in [6.45, 7) is 4.19. The molecule has 0 unspecified atom stereocenters. The van der Waals surface area contributed by atoms with Gasteiger partial charge in [0.15, 0.2) is 0 Å². The molecule has 0 saturated heterocycles. The molecule has 5 heteroatoms. The minimum Gasteiger partial charge on any atom is -0.507 e. The number of imidazole rings is 1. The van der Waals surface area contributed by atoms with Gasteiger partial charge in [0.05, 0.1) is 22.3 Å². The summed E-state index contributed by atoms with van der Waals surface area (Å²) in [5.74, 6) is 0.594. The van der Waals surface area contributed by atoms with Gasteiger partial charge in [0.1, 0.15) is 11.6 Å². The summed E-state index contributed by atoms with van der Waals surface area (Å²) in [6, 6.07) is 59.5. The molecule has 2 aromatic heterocycles. The van der Waals surface area contributed by atoms with Crippen LogP contribution in [0.15, 0.2) is 176 Å². The average Bonchev–Trinajstić information content (AvgIpc) is 3.66. The molecule has 0 amide bonds. The van der Waals surface area contributed by atoms with E-state index in [4.69, 9.17) is 14.1 Å². The van der Waals surface area contributed by atoms with E-state index in [0.29, 0.717) is 16.9 Å². The smallest absolute Gasteiger partial charge is 0.148 e. The summed E-state index contributed by atoms with van der Waals surface area (Å²) in [4.78, 5) is 10.2. The van der Waals surface area contributed by atoms with E-state index in [1.165, 1.54) is 5.56 Å². The van der Waals surface area contributed by atoms with Crippen molar-refractivity contribution in [1.82, 2.24) is 14.5 Å². The fraction of sp³-hybridized carbons (Fsp3) is 0.0943. The number of aromatic nitrogens is 3. The molecule has 1 N–H and O–H groups in total. The molecule has 7 aromatic carbocycles. The molecule has 0 atom stereocenters. The Morgan fingerprint density at radius 2 is 1.26 bits per heavy atom. The van der Waals surface area contributed by atoms with Crippen LogP contribution >= 0.6 is 0 Å². The summed E-state index contributed by atoms with van der Waals surface area (Å²) in [5.41, 5.74) is 13.2. The second-order valence-electron chi connectivity index (χ2n) is 15.4. The number of hydrogen-bond donors (Lipinski definition) is 1. The molecule has 0 bridgehead atoms. The summed E-state index contributed by atoms with van der Waals surface area (Å²) >= 11 is 0. The van der Waals surface area contributed by atoms with Gasteiger partial charge in [0.25, 0.3) is 0 Å². The van der Waals surface area contributed by atoms with Gasteiger partial charge in [-0.2, -0.15) is 0 Å². The number of rotatable bonds is 7. The molecule has 0 fully saturated rings. The van der Waals surface area contributed by atoms with Gasteiger partial charge in [0.2, 0.25) is 0 Å². The van der Waals surface area contributed by atoms with E-state index in [-0.39, 0.29) is 37.8 Å². The zero-order valence-corrected chi connectivity index (χ0v) is 34.6. The van der Waals surface area contributed by atoms with Crippen molar-refractivity contribution in [3.8, 4) is 78.6 Å². The van der Waals surface area contributed by atoms with Crippen molar-refractivity contribution < 1.29 is 30.3 Å². The Balaban J connectivity index is 0.00000514. The SMILES string of the molecule is [2H]C([2H])([2H])c1ccc(-n2c(-c3ccccc3O)nc3c(-c4[c-]c(-c5cc(-c6ccccc6)ccn5)cc(-c5ccccc5)c4)cccc32)c(-c2ccc(C(C)(C)C)cc2)c1.[Pt]. The number of para-hydroxylation sites is 2. The largest absolute Gasteiger partial charge is 0.507 e. The van der Waals surface area contributed by atoms with Crippen LogP contribution in [0.1, 0.15) is 36.0 Å². The molecular formula is C53H42N3OPt-. The van der Waals surface area contributed by atoms with Crippen molar-refractivity contribution in [3.63, 3.8) is 0 Å². The van der Waals surface area contributed by atoms with E-state index >= 15 is 0 Å². The molecule has 0 radical (unpaired) electrons. The van der Waals surface area contributed by atoms with Crippen LogP contribution in [0.3, 0.4) is 0 Å². The molecule has 0 spiro atoms. The first-order chi connectivity index (χ1) is 28.9. The van der Waals surface area contributed by atoms with Crippen molar-refractivity contribution in [2.24, 2.45) is 0 Å². The van der Waals surface area contributed by atoms with Crippen LogP contribution in [0.25, 0.3) is 83.9 Å². The van der Waals surface area contributed by atoms with E-state index < -0.39 is 6.85 Å². The number of hydrogen-bond acceptors (Lipinski definition) is 3. The van der Waals surface area contributed by atoms with Gasteiger partial charge in [-0.05, 0) is 76.5 Å². The predicted molar refractivity (Wildman–Crippen MR) is 235 cm³/mol. The quantitative estimate of drug-likeness (QED) is 0.162. The third kappa shape index (κ3) is 7.44. The Hall–Kier alpha value is -6.35. The first-order valence-corrected chi connectivity index (χ1v) is 19.1. The van der Waals surface area contributed by atoms with Crippen LogP contribution in [-0.4, -0.2) is 19.6 Å². The average molecular weight is 935 g/mol. The topological polar surface area (TPSA) is 50.9 Å². The Morgan fingerprint density at radius 3 is 1.97 bits per heavy atom. The van der Waals surface area contributed by atoms with Crippen molar-refractivity contribution in [2.45, 2.75) is 33.0 Å². The fourth-order valence-corrected chi connectivity index (χ4v) is 7.55. The van der Waals surface area contributed by atoms with E-state index in [0.717, 1.165) is 67.0 Å². The minimum absolute atomic E-state index is 0. The summed E-state index contributed by atoms with van der Waals surface area (Å²) in [5, 5.41) is 11.4. The van der Waals surface area contributed by atoms with Crippen LogP contribution in [0.5, 0.6) is 5.75 Å². The maximum atomic E-state index is 11.4. The molecule has 58 heavy (non-hydrogen) atoms. The standard InChI is InChI=1S/C53H42N3O.Pt/c1-35-22-27-48(46(30-35)38-23-25-43(26-24-38)53(2,3)4)56-49-20-13-19-44(51(49)55-52(56)45-18-11-12-21-50(45)57)41-31-40(37-16-9-6-10-17-37)32-42(33-41)47-34-39(28-29-54-47)36-14-7-5-8-15-36;/h5-32,34,57H,1-4H3;/q-1;/i1D3;. The second kappa shape index (κ2) is 15.9. The van der Waals surface area contributed by atoms with Crippen LogP contribution in [0.4, 0.5) is 0 Å². The number of pyridine rings is 1. The van der Waals surface area contributed by atoms with Gasteiger partial charge < -0.3 is 5.11 Å². The normalized spacial score (nSPS) is 12.4. The molecule has 9 rings (SSSR count). The van der Waals surface area contributed by atoms with Crippen molar-refractivity contribution >= 4 is 11.0 Å². The second-order valence-corrected chi connectivity index (χ2v) is 15.4. The van der Waals surface area contributed by atoms with Gasteiger partial charge in [-0.15, -0.1) is 23.8 Å². The first-order valence-electron chi connectivity index (χ1n) is 20.6. The van der Waals surface area contributed by atoms with Crippen LogP contribution in [0.2, 0.25) is 0 Å². The van der Waals surface area contributed by atoms with Crippen molar-refractivity contribution in [3.05, 3.63) is 193 Å². The Morgan fingerprint density at radius 1 is 0.586 bits per heavy atom. The molecule has 0 saturated carbocycles. The van der Waals surface area contributed by atoms with Gasteiger partial charge in [-0.25, -0.2) is 4.98 Å². The van der Waals surface area contributed by atoms with Crippen LogP contribution < -0.4 is 0 Å². The molecule has 0 aliphatic carbocycles. The molecule has 2 heterocycles. The van der Waals surface area contributed by atoms with Crippen LogP contribution in [0, 0.1) is 12.9 Å². The Kier molecular flexibility index (Phi) is 9.55. The third-order valence-corrected chi connectivity index (χ3v) is 10.5. The molecule has 286 valence electrons. The summed E-state index contributed by atoms with van der Waals surface area (Å²) in [7, 11) is 0. The van der Waals surface area contributed by atoms with E-state index in [1.807, 2.05) is 83.6 Å². The maximum Gasteiger partial charge on any atom is 0.148 e. The van der Waals surface area contributed by atoms with E-state index in [9.17, 15) is 5.11 Å². The van der Waals surface area contributed by atoms with Gasteiger partial charge in [0, 0.05) is 42.6 Å². The zero-order valence-electron chi connectivity index (χ0n) is 35.3. The fourth-order valence-electron chi connectivity index (χ4n) is 7.55. The van der Waals surface area contributed by atoms with Gasteiger partial charge in [-0.3, -0.25) is 9.55 Å². The van der Waals surface area contributed by atoms with Gasteiger partial charge in [-0.1, -0.05) is 164 Å². The minimum atomic E-state index is -2.32. The third-order valence-electron chi connectivity index (χ3n) is 10.5. The number of phenolic OH excluding ortho intramolecular Hbond substituents is 1. The zero-order chi connectivity index (χ0) is 41.6. The predicted octanol–water partition coefficient (Wildman–Crippen LogP) is 13.5. The van der Waals surface area contributed by atoms with Crippen LogP contribution in [-0.2, 0) is 26.5 Å². The molecule has 0 aliphatic heterocycles. The number of nitrogens with zero attached hydrogens (tertiary/aromatic N) is 3. The van der Waals surface area contributed by atoms with E-state index in [1.54, 1.807) is 24.3 Å². The van der Waals surface area contributed by atoms with Crippen molar-refractivity contribution in [1.29, 1.82) is 0 Å². The Labute approximate surface area is 359 Å². The molecule has 9 aromatic rings. The number of aryl methyl sites for hydroxylation is 1. The van der Waals surface area contributed by atoms with Gasteiger partial charge >= 0.3 is 0 Å². The Bertz CT molecular complexity index is 3010. The maximum absolute atomic E-state index is 11.4. The monoisotopic (exact) mass is 934 g/mol. The number of phenols is 1. The first kappa shape index (κ1) is 34.9. The summed E-state index contributed by atoms with van der Waals surface area (Å²) < 4.78 is 27.1. The number of benzene rings is 7. The molecule has 0 aliphatic rings. The van der Waals surface area contributed by atoms with E-state index in [2.05, 4.69) is 99.6 Å². The number of fused-ring (bicyclic) bond motifs is 1. The number of aromatic hydroxyl groups is 1. The van der Waals surface area contributed by atoms with Crippen molar-refractivity contribution in [2.75, 3.05) is 0 Å². The molecule has 4 nitrogen and oxygen atoms in total.